The summed E-state index contributed by atoms with van der Waals surface area (Å²) in [5.41, 5.74) is 3.49. The topological polar surface area (TPSA) is 80.3 Å². The summed E-state index contributed by atoms with van der Waals surface area (Å²) in [6.45, 7) is 9.02. The molecule has 2 aliphatic rings. The van der Waals surface area contributed by atoms with Crippen molar-refractivity contribution in [2.24, 2.45) is 5.92 Å². The van der Waals surface area contributed by atoms with Crippen LogP contribution >= 0.6 is 0 Å². The normalized spacial score (nSPS) is 25.0. The average Bonchev–Trinajstić information content (AvgIpc) is 2.90. The molecule has 0 saturated carbocycles. The molecule has 2 N–H and O–H groups in total. The van der Waals surface area contributed by atoms with E-state index in [0.717, 1.165) is 36.3 Å². The van der Waals surface area contributed by atoms with Crippen molar-refractivity contribution < 1.29 is 24.1 Å². The first-order valence-electron chi connectivity index (χ1n) is 13.4. The lowest BCUT2D eigenvalue weighted by Gasteiger charge is -2.43. The van der Waals surface area contributed by atoms with Crippen molar-refractivity contribution in [3.63, 3.8) is 0 Å². The fourth-order valence-corrected chi connectivity index (χ4v) is 5.09. The molecule has 2 saturated heterocycles. The van der Waals surface area contributed by atoms with Gasteiger partial charge in [0.1, 0.15) is 6.61 Å². The van der Waals surface area contributed by atoms with Crippen LogP contribution < -0.4 is 5.32 Å². The molecule has 4 rings (SSSR count). The lowest BCUT2D eigenvalue weighted by Crippen LogP contribution is -2.45. The smallest absolute Gasteiger partial charge is 0.411 e. The number of amides is 1. The summed E-state index contributed by atoms with van der Waals surface area (Å²) in [5.74, 6) is 0.155. The van der Waals surface area contributed by atoms with Gasteiger partial charge in [0.15, 0.2) is 6.29 Å². The molecule has 7 heteroatoms. The van der Waals surface area contributed by atoms with Crippen molar-refractivity contribution >= 4 is 11.8 Å². The van der Waals surface area contributed by atoms with Gasteiger partial charge in [-0.15, -0.1) is 0 Å². The lowest BCUT2D eigenvalue weighted by atomic mass is 9.89. The number of likely N-dealkylation sites (tertiary alicyclic amines) is 1. The summed E-state index contributed by atoms with van der Waals surface area (Å²) < 4.78 is 18.2. The van der Waals surface area contributed by atoms with Crippen LogP contribution in [0.1, 0.15) is 68.1 Å². The Kier molecular flexibility index (Phi) is 10.1. The van der Waals surface area contributed by atoms with Gasteiger partial charge in [0.2, 0.25) is 0 Å². The Bertz CT molecular complexity index is 986. The Morgan fingerprint density at radius 2 is 1.68 bits per heavy atom. The van der Waals surface area contributed by atoms with E-state index in [9.17, 15) is 9.90 Å². The molecule has 4 atom stereocenters. The first-order chi connectivity index (χ1) is 18.1. The van der Waals surface area contributed by atoms with Crippen LogP contribution in [0.25, 0.3) is 0 Å². The third-order valence-electron chi connectivity index (χ3n) is 7.27. The van der Waals surface area contributed by atoms with E-state index in [4.69, 9.17) is 14.2 Å². The quantitative estimate of drug-likeness (QED) is 0.428. The number of hydrogen-bond donors (Lipinski definition) is 2. The summed E-state index contributed by atoms with van der Waals surface area (Å²) in [6, 6.07) is 15.5. The largest absolute Gasteiger partial charge is 0.445 e. The zero-order valence-electron chi connectivity index (χ0n) is 21.8. The maximum Gasteiger partial charge on any atom is 0.411 e. The molecule has 200 valence electrons. The maximum atomic E-state index is 11.9. The highest BCUT2D eigenvalue weighted by Crippen LogP contribution is 2.42. The number of nitrogens with one attached hydrogen (secondary N) is 1. The Hall–Kier alpha value is -2.71. The summed E-state index contributed by atoms with van der Waals surface area (Å²) in [7, 11) is 0. The molecule has 0 unspecified atom stereocenters. The molecular weight excluding hydrogens is 468 g/mol. The molecule has 0 bridgehead atoms. The zero-order valence-corrected chi connectivity index (χ0v) is 21.8. The van der Waals surface area contributed by atoms with E-state index in [-0.39, 0.29) is 31.3 Å². The van der Waals surface area contributed by atoms with Crippen LogP contribution in [0, 0.1) is 5.92 Å². The number of carbonyl (C=O) groups excluding carboxylic acids is 1. The molecule has 2 aromatic carbocycles. The number of ether oxygens (including phenoxy) is 3. The van der Waals surface area contributed by atoms with Crippen LogP contribution in [-0.4, -0.2) is 48.4 Å². The minimum Gasteiger partial charge on any atom is -0.445 e. The number of hydrogen-bond acceptors (Lipinski definition) is 6. The summed E-state index contributed by atoms with van der Waals surface area (Å²) in [4.78, 5) is 14.4. The average molecular weight is 509 g/mol. The molecule has 0 aliphatic carbocycles. The van der Waals surface area contributed by atoms with Gasteiger partial charge in [-0.2, -0.15) is 0 Å². The highest BCUT2D eigenvalue weighted by atomic mass is 16.7. The van der Waals surface area contributed by atoms with Crippen LogP contribution in [0.4, 0.5) is 10.5 Å². The van der Waals surface area contributed by atoms with Crippen molar-refractivity contribution in [1.29, 1.82) is 0 Å². The second kappa shape index (κ2) is 13.7. The van der Waals surface area contributed by atoms with E-state index in [0.29, 0.717) is 5.69 Å². The predicted molar refractivity (Wildman–Crippen MR) is 144 cm³/mol. The van der Waals surface area contributed by atoms with Gasteiger partial charge < -0.3 is 24.2 Å². The molecule has 1 amide bonds. The number of rotatable bonds is 8. The van der Waals surface area contributed by atoms with E-state index in [1.165, 1.54) is 38.2 Å². The van der Waals surface area contributed by atoms with Crippen LogP contribution in [0.15, 0.2) is 61.2 Å². The first-order valence-corrected chi connectivity index (χ1v) is 13.4. The van der Waals surface area contributed by atoms with Gasteiger partial charge in [0, 0.05) is 23.7 Å². The highest BCUT2D eigenvalue weighted by molar-refractivity contribution is 5.84. The predicted octanol–water partition coefficient (Wildman–Crippen LogP) is 5.97. The standard InChI is InChI=1S/C30H40N2O5/c1-3-19-35-30(34)31-26-15-13-25(14-16-26)29-36-27(20-32-17-7-5-4-6-8-18-32)22(2)28(37-29)24-11-9-23(21-33)10-12-24/h3,9-16,22,27-29,33H,1,4-8,17-21H2,2H3,(H,31,34)/t22-,27+,28+,29+/m0/s1. The molecule has 2 aromatic rings. The van der Waals surface area contributed by atoms with Crippen molar-refractivity contribution in [3.8, 4) is 0 Å². The van der Waals surface area contributed by atoms with Gasteiger partial charge in [0.05, 0.1) is 18.8 Å². The van der Waals surface area contributed by atoms with Crippen molar-refractivity contribution in [1.82, 2.24) is 4.90 Å². The number of aliphatic hydroxyl groups is 1. The Labute approximate surface area is 220 Å². The molecule has 7 nitrogen and oxygen atoms in total. The number of carbonyl (C=O) groups is 1. The summed E-state index contributed by atoms with van der Waals surface area (Å²) in [6.07, 6.45) is 6.74. The molecule has 2 fully saturated rings. The minimum atomic E-state index is -0.528. The maximum absolute atomic E-state index is 11.9. The Balaban J connectivity index is 1.52. The van der Waals surface area contributed by atoms with Crippen molar-refractivity contribution in [3.05, 3.63) is 77.9 Å². The monoisotopic (exact) mass is 508 g/mol. The van der Waals surface area contributed by atoms with Crippen molar-refractivity contribution in [2.45, 2.75) is 64.1 Å². The van der Waals surface area contributed by atoms with Gasteiger partial charge in [-0.1, -0.05) is 75.2 Å². The first kappa shape index (κ1) is 27.3. The lowest BCUT2D eigenvalue weighted by molar-refractivity contribution is -0.276. The summed E-state index contributed by atoms with van der Waals surface area (Å²) >= 11 is 0. The van der Waals surface area contributed by atoms with Crippen LogP contribution in [0.5, 0.6) is 0 Å². The molecular formula is C30H40N2O5. The Morgan fingerprint density at radius 1 is 1.03 bits per heavy atom. The number of benzene rings is 2. The third-order valence-corrected chi connectivity index (χ3v) is 7.27. The van der Waals surface area contributed by atoms with Gasteiger partial charge in [0.25, 0.3) is 0 Å². The fraction of sp³-hybridized carbons (Fsp3) is 0.500. The minimum absolute atomic E-state index is 0.00683. The van der Waals surface area contributed by atoms with Crippen LogP contribution in [0.3, 0.4) is 0 Å². The number of anilines is 1. The molecule has 2 heterocycles. The van der Waals surface area contributed by atoms with Crippen LogP contribution in [0.2, 0.25) is 0 Å². The second-order valence-corrected chi connectivity index (χ2v) is 10.0. The van der Waals surface area contributed by atoms with Gasteiger partial charge in [-0.25, -0.2) is 4.79 Å². The highest BCUT2D eigenvalue weighted by Gasteiger charge is 2.39. The SMILES string of the molecule is C=CCOC(=O)Nc1ccc([C@@H]2O[C@H](CN3CCCCCCC3)[C@H](C)[C@H](c3ccc(CO)cc3)O2)cc1. The molecule has 0 spiro atoms. The van der Waals surface area contributed by atoms with E-state index in [1.807, 2.05) is 48.5 Å². The molecule has 37 heavy (non-hydrogen) atoms. The molecule has 2 aliphatic heterocycles. The van der Waals surface area contributed by atoms with Gasteiger partial charge >= 0.3 is 6.09 Å². The third kappa shape index (κ3) is 7.65. The molecule has 0 radical (unpaired) electrons. The zero-order chi connectivity index (χ0) is 26.0. The van der Waals surface area contributed by atoms with Crippen molar-refractivity contribution in [2.75, 3.05) is 31.6 Å². The Morgan fingerprint density at radius 3 is 2.32 bits per heavy atom. The number of aliphatic hydroxyl groups excluding tert-OH is 1. The van der Waals surface area contributed by atoms with E-state index in [2.05, 4.69) is 23.7 Å². The van der Waals surface area contributed by atoms with E-state index < -0.39 is 12.4 Å². The van der Waals surface area contributed by atoms with Gasteiger partial charge in [-0.3, -0.25) is 5.32 Å². The second-order valence-electron chi connectivity index (χ2n) is 10.0. The number of nitrogens with zero attached hydrogens (tertiary/aromatic N) is 1. The van der Waals surface area contributed by atoms with Crippen LogP contribution in [-0.2, 0) is 20.8 Å². The fourth-order valence-electron chi connectivity index (χ4n) is 5.09. The molecule has 0 aromatic heterocycles. The van der Waals surface area contributed by atoms with E-state index >= 15 is 0 Å². The van der Waals surface area contributed by atoms with E-state index in [1.54, 1.807) is 0 Å². The summed E-state index contributed by atoms with van der Waals surface area (Å²) in [5, 5.41) is 12.2. The van der Waals surface area contributed by atoms with Gasteiger partial charge in [-0.05, 0) is 49.2 Å².